The summed E-state index contributed by atoms with van der Waals surface area (Å²) in [5.41, 5.74) is 1.63. The molecule has 0 radical (unpaired) electrons. The number of nitrogens with zero attached hydrogens (tertiary/aromatic N) is 1. The maximum atomic E-state index is 14.3. The number of hydrogen-bond donors (Lipinski definition) is 2. The Bertz CT molecular complexity index is 459. The van der Waals surface area contributed by atoms with E-state index in [1.807, 2.05) is 32.0 Å². The van der Waals surface area contributed by atoms with E-state index in [1.54, 1.807) is 11.0 Å². The summed E-state index contributed by atoms with van der Waals surface area (Å²) in [6.45, 7) is 5.47. The van der Waals surface area contributed by atoms with Crippen molar-refractivity contribution in [3.05, 3.63) is 35.4 Å². The number of hydrogen-bond acceptors (Lipinski definition) is 3. The van der Waals surface area contributed by atoms with Crippen LogP contribution in [0.25, 0.3) is 0 Å². The third kappa shape index (κ3) is 3.78. The van der Waals surface area contributed by atoms with Crippen LogP contribution in [-0.4, -0.2) is 48.7 Å². The van der Waals surface area contributed by atoms with Crippen LogP contribution in [0.3, 0.4) is 0 Å². The van der Waals surface area contributed by atoms with E-state index in [0.29, 0.717) is 31.7 Å². The molecule has 1 saturated heterocycles. The van der Waals surface area contributed by atoms with Gasteiger partial charge in [-0.2, -0.15) is 0 Å². The quantitative estimate of drug-likeness (QED) is 0.876. The summed E-state index contributed by atoms with van der Waals surface area (Å²) in [6.07, 6.45) is 0. The highest BCUT2D eigenvalue weighted by molar-refractivity contribution is 5.29. The molecule has 0 spiro atoms. The van der Waals surface area contributed by atoms with Crippen LogP contribution >= 0.6 is 0 Å². The fourth-order valence-electron chi connectivity index (χ4n) is 2.84. The van der Waals surface area contributed by atoms with E-state index in [0.717, 1.165) is 5.56 Å². The minimum atomic E-state index is -3.15. The number of benzene rings is 1. The molecule has 1 aromatic carbocycles. The molecule has 0 unspecified atom stereocenters. The average molecular weight is 298 g/mol. The number of aliphatic hydroxyl groups excluding tert-OH is 1. The lowest BCUT2D eigenvalue weighted by atomic mass is 9.93. The summed E-state index contributed by atoms with van der Waals surface area (Å²) >= 11 is 0. The third-order valence-corrected chi connectivity index (χ3v) is 4.02. The van der Waals surface area contributed by atoms with Gasteiger partial charge in [0.1, 0.15) is 12.6 Å². The van der Waals surface area contributed by atoms with Gasteiger partial charge < -0.3 is 10.4 Å². The molecule has 1 heterocycles. The minimum Gasteiger partial charge on any atom is -0.390 e. The lowest BCUT2D eigenvalue weighted by Crippen LogP contribution is -2.51. The Morgan fingerprint density at radius 3 is 2.43 bits per heavy atom. The molecule has 1 aliphatic heterocycles. The van der Waals surface area contributed by atoms with Gasteiger partial charge in [-0.1, -0.05) is 38.1 Å². The van der Waals surface area contributed by atoms with E-state index in [-0.39, 0.29) is 5.92 Å². The van der Waals surface area contributed by atoms with E-state index in [4.69, 9.17) is 5.11 Å². The SMILES string of the molecule is CC(C)c1cccc([C@@H](N2CCNCC2)C(F)(F)CO)c1. The fourth-order valence-corrected chi connectivity index (χ4v) is 2.84. The van der Waals surface area contributed by atoms with Crippen molar-refractivity contribution in [2.75, 3.05) is 32.8 Å². The van der Waals surface area contributed by atoms with Crippen molar-refractivity contribution in [1.29, 1.82) is 0 Å². The minimum absolute atomic E-state index is 0.288. The van der Waals surface area contributed by atoms with Crippen LogP contribution in [0.4, 0.5) is 8.78 Å². The lowest BCUT2D eigenvalue weighted by Gasteiger charge is -2.39. The van der Waals surface area contributed by atoms with Gasteiger partial charge in [0.15, 0.2) is 0 Å². The first-order chi connectivity index (χ1) is 9.95. The second kappa shape index (κ2) is 6.81. The summed E-state index contributed by atoms with van der Waals surface area (Å²) < 4.78 is 28.6. The first-order valence-corrected chi connectivity index (χ1v) is 7.49. The molecule has 118 valence electrons. The summed E-state index contributed by atoms with van der Waals surface area (Å²) in [4.78, 5) is 1.77. The maximum Gasteiger partial charge on any atom is 0.289 e. The van der Waals surface area contributed by atoms with Crippen molar-refractivity contribution in [2.24, 2.45) is 0 Å². The number of nitrogens with one attached hydrogen (secondary N) is 1. The number of piperazine rings is 1. The zero-order valence-corrected chi connectivity index (χ0v) is 12.6. The Morgan fingerprint density at radius 1 is 1.24 bits per heavy atom. The van der Waals surface area contributed by atoms with Gasteiger partial charge >= 0.3 is 0 Å². The maximum absolute atomic E-state index is 14.3. The summed E-state index contributed by atoms with van der Waals surface area (Å²) in [6, 6.07) is 6.31. The Hall–Kier alpha value is -1.04. The van der Waals surface area contributed by atoms with Crippen LogP contribution in [-0.2, 0) is 0 Å². The van der Waals surface area contributed by atoms with Gasteiger partial charge in [-0.15, -0.1) is 0 Å². The van der Waals surface area contributed by atoms with Crippen LogP contribution in [0.5, 0.6) is 0 Å². The van der Waals surface area contributed by atoms with Crippen molar-refractivity contribution in [3.8, 4) is 0 Å². The molecule has 1 aliphatic rings. The smallest absolute Gasteiger partial charge is 0.289 e. The lowest BCUT2D eigenvalue weighted by molar-refractivity contribution is -0.118. The van der Waals surface area contributed by atoms with Crippen LogP contribution in [0.15, 0.2) is 24.3 Å². The molecule has 0 amide bonds. The summed E-state index contributed by atoms with van der Waals surface area (Å²) in [5, 5.41) is 12.3. The van der Waals surface area contributed by atoms with Gasteiger partial charge in [0.05, 0.1) is 0 Å². The van der Waals surface area contributed by atoms with E-state index in [9.17, 15) is 8.78 Å². The number of aliphatic hydroxyl groups is 1. The van der Waals surface area contributed by atoms with Crippen molar-refractivity contribution < 1.29 is 13.9 Å². The summed E-state index contributed by atoms with van der Waals surface area (Å²) in [5.74, 6) is -2.86. The van der Waals surface area contributed by atoms with E-state index >= 15 is 0 Å². The molecule has 0 bridgehead atoms. The molecule has 2 N–H and O–H groups in total. The van der Waals surface area contributed by atoms with Gasteiger partial charge in [-0.25, -0.2) is 8.78 Å². The number of alkyl halides is 2. The Labute approximate surface area is 125 Å². The fraction of sp³-hybridized carbons (Fsp3) is 0.625. The monoisotopic (exact) mass is 298 g/mol. The second-order valence-electron chi connectivity index (χ2n) is 5.93. The predicted molar refractivity (Wildman–Crippen MR) is 79.7 cm³/mol. The molecule has 1 aromatic rings. The highest BCUT2D eigenvalue weighted by Gasteiger charge is 2.44. The molecule has 0 aliphatic carbocycles. The highest BCUT2D eigenvalue weighted by Crippen LogP contribution is 2.37. The second-order valence-corrected chi connectivity index (χ2v) is 5.93. The van der Waals surface area contributed by atoms with Gasteiger partial charge in [-0.05, 0) is 17.0 Å². The molecule has 1 atom stereocenters. The van der Waals surface area contributed by atoms with Gasteiger partial charge in [0, 0.05) is 26.2 Å². The molecule has 3 nitrogen and oxygen atoms in total. The zero-order valence-electron chi connectivity index (χ0n) is 12.6. The van der Waals surface area contributed by atoms with Crippen LogP contribution in [0, 0.1) is 0 Å². The molecular formula is C16H24F2N2O. The number of rotatable bonds is 5. The van der Waals surface area contributed by atoms with E-state index in [2.05, 4.69) is 5.32 Å². The van der Waals surface area contributed by atoms with Crippen molar-refractivity contribution in [3.63, 3.8) is 0 Å². The topological polar surface area (TPSA) is 35.5 Å². The molecule has 21 heavy (non-hydrogen) atoms. The summed E-state index contributed by atoms with van der Waals surface area (Å²) in [7, 11) is 0. The van der Waals surface area contributed by atoms with Crippen LogP contribution < -0.4 is 5.32 Å². The predicted octanol–water partition coefficient (Wildman–Crippen LogP) is 2.38. The normalized spacial score (nSPS) is 19.0. The highest BCUT2D eigenvalue weighted by atomic mass is 19.3. The van der Waals surface area contributed by atoms with Crippen molar-refractivity contribution in [1.82, 2.24) is 10.2 Å². The van der Waals surface area contributed by atoms with Gasteiger partial charge in [-0.3, -0.25) is 4.90 Å². The molecular weight excluding hydrogens is 274 g/mol. The van der Waals surface area contributed by atoms with E-state index < -0.39 is 18.6 Å². The Kier molecular flexibility index (Phi) is 5.30. The number of halogens is 2. The molecule has 2 rings (SSSR count). The average Bonchev–Trinajstić information content (AvgIpc) is 2.48. The van der Waals surface area contributed by atoms with E-state index in [1.165, 1.54) is 0 Å². The molecule has 0 saturated carbocycles. The van der Waals surface area contributed by atoms with Crippen LogP contribution in [0.2, 0.25) is 0 Å². The first-order valence-electron chi connectivity index (χ1n) is 7.49. The molecule has 0 aromatic heterocycles. The molecule has 5 heteroatoms. The zero-order chi connectivity index (χ0) is 15.5. The van der Waals surface area contributed by atoms with Crippen molar-refractivity contribution in [2.45, 2.75) is 31.7 Å². The first kappa shape index (κ1) is 16.3. The molecule has 1 fully saturated rings. The third-order valence-electron chi connectivity index (χ3n) is 4.02. The van der Waals surface area contributed by atoms with Gasteiger partial charge in [0.25, 0.3) is 5.92 Å². The van der Waals surface area contributed by atoms with Gasteiger partial charge in [0.2, 0.25) is 0 Å². The van der Waals surface area contributed by atoms with Crippen molar-refractivity contribution >= 4 is 0 Å². The largest absolute Gasteiger partial charge is 0.390 e. The standard InChI is InChI=1S/C16H24F2N2O/c1-12(2)13-4-3-5-14(10-13)15(16(17,18)11-21)20-8-6-19-7-9-20/h3-5,10,12,15,19,21H,6-9,11H2,1-2H3/t15-/m1/s1. The Balaban J connectivity index is 2.36. The Morgan fingerprint density at radius 2 is 1.86 bits per heavy atom. The van der Waals surface area contributed by atoms with Crippen LogP contribution in [0.1, 0.15) is 36.9 Å².